The molecule has 2 rings (SSSR count). The molecule has 1 amide bonds. The topological polar surface area (TPSA) is 79.3 Å². The Morgan fingerprint density at radius 3 is 2.55 bits per heavy atom. The first kappa shape index (κ1) is 14.2. The summed E-state index contributed by atoms with van der Waals surface area (Å²) < 4.78 is 0. The molecule has 0 spiro atoms. The zero-order valence-corrected chi connectivity index (χ0v) is 11.9. The van der Waals surface area contributed by atoms with E-state index in [0.29, 0.717) is 10.6 Å². The molecular formula is C14H14N2O3S. The first-order valence-electron chi connectivity index (χ1n) is 6.05. The average molecular weight is 290 g/mol. The summed E-state index contributed by atoms with van der Waals surface area (Å²) in [7, 11) is 0. The summed E-state index contributed by atoms with van der Waals surface area (Å²) in [4.78, 5) is 27.6. The molecule has 20 heavy (non-hydrogen) atoms. The molecule has 0 bridgehead atoms. The van der Waals surface area contributed by atoms with Gasteiger partial charge in [0.1, 0.15) is 15.9 Å². The van der Waals surface area contributed by atoms with E-state index in [1.54, 1.807) is 6.92 Å². The van der Waals surface area contributed by atoms with E-state index in [2.05, 4.69) is 10.3 Å². The molecular weight excluding hydrogens is 276 g/mol. The summed E-state index contributed by atoms with van der Waals surface area (Å²) in [6.45, 7) is 3.16. The minimum atomic E-state index is -1.07. The van der Waals surface area contributed by atoms with Crippen molar-refractivity contribution in [1.29, 1.82) is 0 Å². The molecule has 1 aromatic carbocycles. The zero-order valence-electron chi connectivity index (χ0n) is 11.1. The highest BCUT2D eigenvalue weighted by molar-refractivity contribution is 7.17. The lowest BCUT2D eigenvalue weighted by Gasteiger charge is -2.07. The fourth-order valence-corrected chi connectivity index (χ4v) is 2.61. The van der Waals surface area contributed by atoms with Crippen LogP contribution in [0.4, 0.5) is 0 Å². The molecule has 0 aliphatic rings. The maximum atomic E-state index is 12.0. The standard InChI is InChI=1S/C14H14N2O3S/c1-8-11(12(17)15-9(2)14(18)19)20-13(16-8)10-6-4-3-5-7-10/h3-7,9H,1-2H3,(H,15,17)(H,18,19)/t9-/m1/s1. The normalized spacial score (nSPS) is 11.9. The van der Waals surface area contributed by atoms with Gasteiger partial charge in [-0.25, -0.2) is 4.98 Å². The minimum absolute atomic E-state index is 0.405. The molecule has 104 valence electrons. The quantitative estimate of drug-likeness (QED) is 0.905. The van der Waals surface area contributed by atoms with Crippen molar-refractivity contribution in [2.24, 2.45) is 0 Å². The van der Waals surface area contributed by atoms with Crippen molar-refractivity contribution in [3.05, 3.63) is 40.9 Å². The highest BCUT2D eigenvalue weighted by Gasteiger charge is 2.20. The smallest absolute Gasteiger partial charge is 0.325 e. The average Bonchev–Trinajstić information content (AvgIpc) is 2.81. The Bertz CT molecular complexity index is 637. The van der Waals surface area contributed by atoms with Gasteiger partial charge in [-0.1, -0.05) is 30.3 Å². The number of nitrogens with one attached hydrogen (secondary N) is 1. The molecule has 0 fully saturated rings. The first-order chi connectivity index (χ1) is 9.49. The lowest BCUT2D eigenvalue weighted by Crippen LogP contribution is -2.38. The monoisotopic (exact) mass is 290 g/mol. The number of hydrogen-bond donors (Lipinski definition) is 2. The van der Waals surface area contributed by atoms with Crippen LogP contribution < -0.4 is 5.32 Å². The SMILES string of the molecule is Cc1nc(-c2ccccc2)sc1C(=O)N[C@H](C)C(=O)O. The predicted molar refractivity (Wildman–Crippen MR) is 76.9 cm³/mol. The second-order valence-electron chi connectivity index (χ2n) is 4.33. The van der Waals surface area contributed by atoms with Gasteiger partial charge in [-0.05, 0) is 13.8 Å². The Morgan fingerprint density at radius 1 is 1.30 bits per heavy atom. The van der Waals surface area contributed by atoms with E-state index < -0.39 is 17.9 Å². The minimum Gasteiger partial charge on any atom is -0.480 e. The number of aromatic nitrogens is 1. The number of carbonyl (C=O) groups is 2. The molecule has 6 heteroatoms. The van der Waals surface area contributed by atoms with Gasteiger partial charge in [0, 0.05) is 5.56 Å². The van der Waals surface area contributed by atoms with Crippen molar-refractivity contribution in [1.82, 2.24) is 10.3 Å². The number of carboxylic acid groups (broad SMARTS) is 1. The Morgan fingerprint density at radius 2 is 1.95 bits per heavy atom. The molecule has 0 saturated carbocycles. The van der Waals surface area contributed by atoms with Crippen molar-refractivity contribution < 1.29 is 14.7 Å². The molecule has 1 atom stereocenters. The van der Waals surface area contributed by atoms with Crippen LogP contribution in [-0.2, 0) is 4.79 Å². The van der Waals surface area contributed by atoms with Crippen LogP contribution in [0.5, 0.6) is 0 Å². The third kappa shape index (κ3) is 3.03. The van der Waals surface area contributed by atoms with E-state index in [1.165, 1.54) is 18.3 Å². The summed E-state index contributed by atoms with van der Waals surface area (Å²) >= 11 is 1.26. The van der Waals surface area contributed by atoms with Gasteiger partial charge in [0.25, 0.3) is 5.91 Å². The van der Waals surface area contributed by atoms with Crippen LogP contribution in [0.1, 0.15) is 22.3 Å². The van der Waals surface area contributed by atoms with Crippen molar-refractivity contribution >= 4 is 23.2 Å². The highest BCUT2D eigenvalue weighted by Crippen LogP contribution is 2.27. The van der Waals surface area contributed by atoms with Crippen LogP contribution in [0.25, 0.3) is 10.6 Å². The first-order valence-corrected chi connectivity index (χ1v) is 6.87. The van der Waals surface area contributed by atoms with Crippen molar-refractivity contribution in [3.63, 3.8) is 0 Å². The third-order valence-electron chi connectivity index (χ3n) is 2.74. The zero-order chi connectivity index (χ0) is 14.7. The number of amides is 1. The van der Waals surface area contributed by atoms with Gasteiger partial charge in [0.2, 0.25) is 0 Å². The number of aryl methyl sites for hydroxylation is 1. The molecule has 1 heterocycles. The molecule has 2 aromatic rings. The summed E-state index contributed by atoms with van der Waals surface area (Å²) in [6.07, 6.45) is 0. The number of benzene rings is 1. The van der Waals surface area contributed by atoms with E-state index in [1.807, 2.05) is 30.3 Å². The maximum Gasteiger partial charge on any atom is 0.325 e. The predicted octanol–water partition coefficient (Wildman–Crippen LogP) is 2.32. The van der Waals surface area contributed by atoms with E-state index in [9.17, 15) is 9.59 Å². The molecule has 0 radical (unpaired) electrons. The van der Waals surface area contributed by atoms with Gasteiger partial charge >= 0.3 is 5.97 Å². The van der Waals surface area contributed by atoms with Gasteiger partial charge in [-0.3, -0.25) is 9.59 Å². The van der Waals surface area contributed by atoms with Gasteiger partial charge in [-0.15, -0.1) is 11.3 Å². The number of nitrogens with zero attached hydrogens (tertiary/aromatic N) is 1. The number of thiazole rings is 1. The van der Waals surface area contributed by atoms with Crippen LogP contribution >= 0.6 is 11.3 Å². The largest absolute Gasteiger partial charge is 0.480 e. The van der Waals surface area contributed by atoms with Crippen LogP contribution in [-0.4, -0.2) is 28.0 Å². The Balaban J connectivity index is 2.24. The van der Waals surface area contributed by atoms with Crippen molar-refractivity contribution in [3.8, 4) is 10.6 Å². The van der Waals surface area contributed by atoms with Crippen molar-refractivity contribution in [2.45, 2.75) is 19.9 Å². The second kappa shape index (κ2) is 5.83. The Kier molecular flexibility index (Phi) is 4.14. The molecule has 0 aliphatic carbocycles. The third-order valence-corrected chi connectivity index (χ3v) is 3.95. The number of aliphatic carboxylic acids is 1. The fourth-order valence-electron chi connectivity index (χ4n) is 1.64. The van der Waals surface area contributed by atoms with Crippen LogP contribution in [0.15, 0.2) is 30.3 Å². The van der Waals surface area contributed by atoms with Gasteiger partial charge in [0.15, 0.2) is 0 Å². The lowest BCUT2D eigenvalue weighted by molar-refractivity contribution is -0.138. The summed E-state index contributed by atoms with van der Waals surface area (Å²) in [5.74, 6) is -1.47. The Hall–Kier alpha value is -2.21. The van der Waals surface area contributed by atoms with Gasteiger partial charge < -0.3 is 10.4 Å². The molecule has 0 unspecified atom stereocenters. The van der Waals surface area contributed by atoms with Gasteiger partial charge in [-0.2, -0.15) is 0 Å². The van der Waals surface area contributed by atoms with E-state index in [-0.39, 0.29) is 0 Å². The van der Waals surface area contributed by atoms with E-state index >= 15 is 0 Å². The van der Waals surface area contributed by atoms with Crippen LogP contribution in [0.3, 0.4) is 0 Å². The number of rotatable bonds is 4. The van der Waals surface area contributed by atoms with Crippen LogP contribution in [0, 0.1) is 6.92 Å². The molecule has 1 aromatic heterocycles. The number of hydrogen-bond acceptors (Lipinski definition) is 4. The molecule has 0 saturated heterocycles. The Labute approximate surface area is 120 Å². The maximum absolute atomic E-state index is 12.0. The van der Waals surface area contributed by atoms with E-state index in [4.69, 9.17) is 5.11 Å². The molecule has 5 nitrogen and oxygen atoms in total. The lowest BCUT2D eigenvalue weighted by atomic mass is 10.2. The van der Waals surface area contributed by atoms with E-state index in [0.717, 1.165) is 10.6 Å². The number of carboxylic acids is 1. The van der Waals surface area contributed by atoms with Gasteiger partial charge in [0.05, 0.1) is 5.69 Å². The fraction of sp³-hybridized carbons (Fsp3) is 0.214. The van der Waals surface area contributed by atoms with Crippen LogP contribution in [0.2, 0.25) is 0 Å². The summed E-state index contributed by atoms with van der Waals surface area (Å²) in [5, 5.41) is 12.0. The molecule has 0 aliphatic heterocycles. The summed E-state index contributed by atoms with van der Waals surface area (Å²) in [5.41, 5.74) is 1.54. The van der Waals surface area contributed by atoms with Crippen molar-refractivity contribution in [2.75, 3.05) is 0 Å². The highest BCUT2D eigenvalue weighted by atomic mass is 32.1. The molecule has 2 N–H and O–H groups in total. The summed E-state index contributed by atoms with van der Waals surface area (Å²) in [6, 6.07) is 8.62. The number of carbonyl (C=O) groups excluding carboxylic acids is 1. The second-order valence-corrected chi connectivity index (χ2v) is 5.33.